The van der Waals surface area contributed by atoms with Crippen LogP contribution in [0.1, 0.15) is 19.4 Å². The number of morpholine rings is 1. The average molecular weight is 341 g/mol. The van der Waals surface area contributed by atoms with E-state index in [-0.39, 0.29) is 19.2 Å². The third-order valence-corrected chi connectivity index (χ3v) is 5.42. The molecule has 22 heavy (non-hydrogen) atoms. The van der Waals surface area contributed by atoms with E-state index in [0.717, 1.165) is 4.31 Å². The maximum atomic E-state index is 13.1. The van der Waals surface area contributed by atoms with Gasteiger partial charge in [-0.25, -0.2) is 12.8 Å². The summed E-state index contributed by atoms with van der Waals surface area (Å²) >= 11 is 0. The molecule has 0 N–H and O–H groups in total. The topological polar surface area (TPSA) is 46.6 Å². The smallest absolute Gasteiger partial charge is 0.375 e. The molecule has 1 aromatic carbocycles. The Morgan fingerprint density at radius 3 is 2.50 bits per heavy atom. The van der Waals surface area contributed by atoms with Gasteiger partial charge in [0.15, 0.2) is 0 Å². The number of alkyl halides is 3. The number of hydrogen-bond acceptors (Lipinski definition) is 3. The van der Waals surface area contributed by atoms with Crippen LogP contribution >= 0.6 is 0 Å². The molecule has 4 nitrogen and oxygen atoms in total. The second-order valence-corrected chi connectivity index (χ2v) is 7.06. The molecule has 1 aliphatic heterocycles. The zero-order valence-corrected chi connectivity index (χ0v) is 12.7. The minimum absolute atomic E-state index is 0.0574. The van der Waals surface area contributed by atoms with Crippen LogP contribution in [0.4, 0.5) is 17.6 Å². The van der Waals surface area contributed by atoms with Crippen molar-refractivity contribution in [1.29, 1.82) is 0 Å². The van der Waals surface area contributed by atoms with Gasteiger partial charge in [-0.2, -0.15) is 17.5 Å². The highest BCUT2D eigenvalue weighted by Crippen LogP contribution is 2.36. The standard InChI is InChI=1S/C13H15F4NO3S/c1-8-7-21-9(2)6-18(8)22(19,20)12-4-3-10(14)5-11(12)13(15,16)17/h3-5,8-9H,6-7H2,1-2H3/t8-,9-/m0/s1. The Morgan fingerprint density at radius 1 is 1.27 bits per heavy atom. The average Bonchev–Trinajstić information content (AvgIpc) is 2.40. The first-order chi connectivity index (χ1) is 10.0. The van der Waals surface area contributed by atoms with Gasteiger partial charge in [0, 0.05) is 12.6 Å². The molecular formula is C13H15F4NO3S. The molecule has 1 aliphatic rings. The predicted octanol–water partition coefficient (Wildman–Crippen LogP) is 2.64. The lowest BCUT2D eigenvalue weighted by Crippen LogP contribution is -2.50. The molecule has 0 aromatic heterocycles. The van der Waals surface area contributed by atoms with Crippen LogP contribution in [-0.4, -0.2) is 38.0 Å². The minimum Gasteiger partial charge on any atom is -0.375 e. The number of ether oxygens (including phenoxy) is 1. The lowest BCUT2D eigenvalue weighted by Gasteiger charge is -2.36. The van der Waals surface area contributed by atoms with Crippen molar-refractivity contribution in [2.24, 2.45) is 0 Å². The van der Waals surface area contributed by atoms with Gasteiger partial charge in [-0.15, -0.1) is 0 Å². The van der Waals surface area contributed by atoms with Gasteiger partial charge in [-0.05, 0) is 32.0 Å². The largest absolute Gasteiger partial charge is 0.417 e. The van der Waals surface area contributed by atoms with Crippen LogP contribution in [0.3, 0.4) is 0 Å². The maximum absolute atomic E-state index is 13.1. The number of halogens is 4. The third kappa shape index (κ3) is 3.26. The van der Waals surface area contributed by atoms with Gasteiger partial charge in [-0.3, -0.25) is 0 Å². The number of rotatable bonds is 2. The normalized spacial score (nSPS) is 24.5. The number of benzene rings is 1. The number of hydrogen-bond donors (Lipinski definition) is 0. The van der Waals surface area contributed by atoms with E-state index in [0.29, 0.717) is 12.1 Å². The fourth-order valence-corrected chi connectivity index (χ4v) is 4.17. The monoisotopic (exact) mass is 341 g/mol. The number of nitrogens with zero attached hydrogens (tertiary/aromatic N) is 1. The molecule has 0 aliphatic carbocycles. The zero-order valence-electron chi connectivity index (χ0n) is 11.9. The van der Waals surface area contributed by atoms with Crippen LogP contribution < -0.4 is 0 Å². The first kappa shape index (κ1) is 17.2. The second kappa shape index (κ2) is 5.78. The van der Waals surface area contributed by atoms with Crippen molar-refractivity contribution in [2.75, 3.05) is 13.2 Å². The van der Waals surface area contributed by atoms with Crippen molar-refractivity contribution in [2.45, 2.75) is 37.1 Å². The summed E-state index contributed by atoms with van der Waals surface area (Å²) in [7, 11) is -4.41. The molecule has 2 rings (SSSR count). The summed E-state index contributed by atoms with van der Waals surface area (Å²) in [5.74, 6) is -1.14. The van der Waals surface area contributed by atoms with Crippen molar-refractivity contribution >= 4 is 10.0 Å². The molecule has 2 atom stereocenters. The van der Waals surface area contributed by atoms with Crippen LogP contribution in [0.5, 0.6) is 0 Å². The SMILES string of the molecule is C[C@H]1CN(S(=O)(=O)c2ccc(F)cc2C(F)(F)F)[C@@H](C)CO1. The van der Waals surface area contributed by atoms with Crippen molar-refractivity contribution in [3.05, 3.63) is 29.6 Å². The predicted molar refractivity (Wildman–Crippen MR) is 70.2 cm³/mol. The zero-order chi connectivity index (χ0) is 16.7. The van der Waals surface area contributed by atoms with Gasteiger partial charge < -0.3 is 4.74 Å². The minimum atomic E-state index is -4.97. The molecular weight excluding hydrogens is 326 g/mol. The summed E-state index contributed by atoms with van der Waals surface area (Å²) in [6.45, 7) is 3.20. The van der Waals surface area contributed by atoms with Gasteiger partial charge in [0.05, 0.1) is 23.2 Å². The Kier molecular flexibility index (Phi) is 4.51. The first-order valence-corrected chi connectivity index (χ1v) is 7.97. The van der Waals surface area contributed by atoms with Gasteiger partial charge in [-0.1, -0.05) is 0 Å². The van der Waals surface area contributed by atoms with Crippen LogP contribution in [0.25, 0.3) is 0 Å². The van der Waals surface area contributed by atoms with Crippen molar-refractivity contribution < 1.29 is 30.7 Å². The Hall–Kier alpha value is -1.19. The van der Waals surface area contributed by atoms with Crippen molar-refractivity contribution in [1.82, 2.24) is 4.31 Å². The molecule has 0 spiro atoms. The Morgan fingerprint density at radius 2 is 1.91 bits per heavy atom. The van der Waals surface area contributed by atoms with Crippen LogP contribution in [0, 0.1) is 5.82 Å². The van der Waals surface area contributed by atoms with E-state index in [1.807, 2.05) is 0 Å². The highest BCUT2D eigenvalue weighted by molar-refractivity contribution is 7.89. The molecule has 0 unspecified atom stereocenters. The van der Waals surface area contributed by atoms with E-state index < -0.39 is 44.6 Å². The molecule has 0 bridgehead atoms. The fraction of sp³-hybridized carbons (Fsp3) is 0.538. The quantitative estimate of drug-likeness (QED) is 0.777. The van der Waals surface area contributed by atoms with Gasteiger partial charge in [0.25, 0.3) is 0 Å². The molecule has 1 heterocycles. The van der Waals surface area contributed by atoms with E-state index in [2.05, 4.69) is 0 Å². The summed E-state index contributed by atoms with van der Waals surface area (Å²) in [6, 6.07) is 0.950. The summed E-state index contributed by atoms with van der Waals surface area (Å²) in [5.41, 5.74) is -1.50. The number of sulfonamides is 1. The lowest BCUT2D eigenvalue weighted by molar-refractivity contribution is -0.140. The van der Waals surface area contributed by atoms with E-state index in [1.54, 1.807) is 13.8 Å². The van der Waals surface area contributed by atoms with E-state index in [1.165, 1.54) is 0 Å². The van der Waals surface area contributed by atoms with E-state index in [4.69, 9.17) is 4.74 Å². The molecule has 124 valence electrons. The molecule has 0 radical (unpaired) electrons. The molecule has 1 saturated heterocycles. The summed E-state index contributed by atoms with van der Waals surface area (Å²) in [5, 5.41) is 0. The van der Waals surface area contributed by atoms with Gasteiger partial charge >= 0.3 is 6.18 Å². The Labute approximate surface area is 125 Å². The van der Waals surface area contributed by atoms with E-state index in [9.17, 15) is 26.0 Å². The van der Waals surface area contributed by atoms with Crippen LogP contribution in [0.15, 0.2) is 23.1 Å². The van der Waals surface area contributed by atoms with Crippen molar-refractivity contribution in [3.63, 3.8) is 0 Å². The molecule has 1 fully saturated rings. The highest BCUT2D eigenvalue weighted by Gasteiger charge is 2.41. The lowest BCUT2D eigenvalue weighted by atomic mass is 10.2. The second-order valence-electron chi connectivity index (χ2n) is 5.21. The molecule has 1 aromatic rings. The summed E-state index contributed by atoms with van der Waals surface area (Å²) < 4.78 is 83.6. The van der Waals surface area contributed by atoms with Crippen LogP contribution in [0.2, 0.25) is 0 Å². The Bertz CT molecular complexity index is 660. The molecule has 9 heteroatoms. The molecule has 0 amide bonds. The van der Waals surface area contributed by atoms with Crippen LogP contribution in [-0.2, 0) is 20.9 Å². The van der Waals surface area contributed by atoms with Gasteiger partial charge in [0.1, 0.15) is 5.82 Å². The highest BCUT2D eigenvalue weighted by atomic mass is 32.2. The van der Waals surface area contributed by atoms with Gasteiger partial charge in [0.2, 0.25) is 10.0 Å². The first-order valence-electron chi connectivity index (χ1n) is 6.53. The van der Waals surface area contributed by atoms with E-state index >= 15 is 0 Å². The van der Waals surface area contributed by atoms with Crippen molar-refractivity contribution in [3.8, 4) is 0 Å². The third-order valence-electron chi connectivity index (χ3n) is 3.38. The Balaban J connectivity index is 2.54. The summed E-state index contributed by atoms with van der Waals surface area (Å²) in [4.78, 5) is -0.942. The maximum Gasteiger partial charge on any atom is 0.417 e. The fourth-order valence-electron chi connectivity index (χ4n) is 2.28. The summed E-state index contributed by atoms with van der Waals surface area (Å²) in [6.07, 6.45) is -5.40. The molecule has 0 saturated carbocycles.